The Morgan fingerprint density at radius 3 is 2.61 bits per heavy atom. The molecule has 4 nitrogen and oxygen atoms in total. The van der Waals surface area contributed by atoms with Crippen molar-refractivity contribution in [2.45, 2.75) is 65.3 Å². The van der Waals surface area contributed by atoms with Crippen molar-refractivity contribution in [1.82, 2.24) is 15.5 Å². The Morgan fingerprint density at radius 1 is 1.39 bits per heavy atom. The maximum atomic E-state index is 5.39. The summed E-state index contributed by atoms with van der Waals surface area (Å²) in [5.41, 5.74) is 0.196. The zero-order valence-corrected chi connectivity index (χ0v) is 12.0. The van der Waals surface area contributed by atoms with Crippen LogP contribution in [-0.4, -0.2) is 22.7 Å². The molecule has 1 aliphatic rings. The normalized spacial score (nSPS) is 18.7. The molecule has 1 heterocycles. The fraction of sp³-hybridized carbons (Fsp3) is 0.857. The molecule has 0 radical (unpaired) electrons. The van der Waals surface area contributed by atoms with Gasteiger partial charge in [-0.1, -0.05) is 39.3 Å². The number of nitrogens with one attached hydrogen (secondary N) is 1. The van der Waals surface area contributed by atoms with Crippen LogP contribution in [0.15, 0.2) is 4.52 Å². The van der Waals surface area contributed by atoms with E-state index in [9.17, 15) is 0 Å². The molecule has 1 aliphatic carbocycles. The lowest BCUT2D eigenvalue weighted by atomic mass is 9.84. The summed E-state index contributed by atoms with van der Waals surface area (Å²) in [5.74, 6) is 2.24. The van der Waals surface area contributed by atoms with Gasteiger partial charge in [-0.15, -0.1) is 0 Å². The average Bonchev–Trinajstić information content (AvgIpc) is 2.61. The maximum Gasteiger partial charge on any atom is 0.228 e. The first-order valence-corrected chi connectivity index (χ1v) is 7.06. The van der Waals surface area contributed by atoms with Gasteiger partial charge in [0.1, 0.15) is 0 Å². The molecular weight excluding hydrogens is 226 g/mol. The summed E-state index contributed by atoms with van der Waals surface area (Å²) in [5, 5.41) is 7.63. The second kappa shape index (κ2) is 5.39. The number of likely N-dealkylation sites (N-methyl/N-ethyl adjacent to an activating group) is 1. The van der Waals surface area contributed by atoms with Gasteiger partial charge in [-0.3, -0.25) is 0 Å². The van der Waals surface area contributed by atoms with Crippen molar-refractivity contribution in [3.63, 3.8) is 0 Å². The van der Waals surface area contributed by atoms with E-state index in [1.165, 1.54) is 19.3 Å². The number of aromatic nitrogens is 2. The molecule has 102 valence electrons. The van der Waals surface area contributed by atoms with Crippen molar-refractivity contribution in [1.29, 1.82) is 0 Å². The lowest BCUT2D eigenvalue weighted by Gasteiger charge is -2.30. The number of hydrogen-bond acceptors (Lipinski definition) is 4. The van der Waals surface area contributed by atoms with Crippen LogP contribution in [0.25, 0.3) is 0 Å². The molecular formula is C14H25N3O. The molecule has 0 aromatic carbocycles. The van der Waals surface area contributed by atoms with Gasteiger partial charge in [0.15, 0.2) is 5.82 Å². The lowest BCUT2D eigenvalue weighted by Crippen LogP contribution is -2.41. The maximum absolute atomic E-state index is 5.39. The molecule has 1 atom stereocenters. The van der Waals surface area contributed by atoms with Crippen molar-refractivity contribution >= 4 is 0 Å². The molecule has 1 saturated carbocycles. The fourth-order valence-corrected chi connectivity index (χ4v) is 2.29. The Bertz CT molecular complexity index is 377. The van der Waals surface area contributed by atoms with Gasteiger partial charge in [0, 0.05) is 18.4 Å². The second-order valence-electron chi connectivity index (χ2n) is 6.35. The molecule has 4 heteroatoms. The van der Waals surface area contributed by atoms with Crippen LogP contribution in [0, 0.1) is 5.41 Å². The first-order valence-electron chi connectivity index (χ1n) is 7.06. The molecule has 1 aromatic rings. The van der Waals surface area contributed by atoms with Crippen molar-refractivity contribution < 1.29 is 4.52 Å². The molecule has 1 fully saturated rings. The van der Waals surface area contributed by atoms with Crippen molar-refractivity contribution in [3.8, 4) is 0 Å². The predicted octanol–water partition coefficient (Wildman–Crippen LogP) is 2.90. The van der Waals surface area contributed by atoms with E-state index in [-0.39, 0.29) is 5.41 Å². The molecule has 1 aromatic heterocycles. The molecule has 0 amide bonds. The summed E-state index contributed by atoms with van der Waals surface area (Å²) in [6, 6.07) is 0.372. The van der Waals surface area contributed by atoms with Crippen molar-refractivity contribution in [2.75, 3.05) is 6.54 Å². The molecule has 0 bridgehead atoms. The van der Waals surface area contributed by atoms with Crippen LogP contribution in [0.4, 0.5) is 0 Å². The van der Waals surface area contributed by atoms with E-state index >= 15 is 0 Å². The molecule has 1 unspecified atom stereocenters. The largest absolute Gasteiger partial charge is 0.339 e. The smallest absolute Gasteiger partial charge is 0.228 e. The van der Waals surface area contributed by atoms with Gasteiger partial charge in [0.25, 0.3) is 0 Å². The number of nitrogens with zero attached hydrogens (tertiary/aromatic N) is 2. The predicted molar refractivity (Wildman–Crippen MR) is 71.5 cm³/mol. The van der Waals surface area contributed by atoms with Gasteiger partial charge in [-0.25, -0.2) is 0 Å². The Morgan fingerprint density at radius 2 is 2.11 bits per heavy atom. The van der Waals surface area contributed by atoms with Gasteiger partial charge >= 0.3 is 0 Å². The zero-order valence-electron chi connectivity index (χ0n) is 12.0. The third kappa shape index (κ3) is 3.10. The van der Waals surface area contributed by atoms with E-state index in [0.717, 1.165) is 24.7 Å². The molecule has 18 heavy (non-hydrogen) atoms. The van der Waals surface area contributed by atoms with Gasteiger partial charge in [0.05, 0.1) is 0 Å². The van der Waals surface area contributed by atoms with Gasteiger partial charge in [-0.05, 0) is 24.8 Å². The highest BCUT2D eigenvalue weighted by molar-refractivity contribution is 5.01. The summed E-state index contributed by atoms with van der Waals surface area (Å²) in [7, 11) is 0. The third-order valence-corrected chi connectivity index (χ3v) is 3.83. The van der Waals surface area contributed by atoms with Crippen molar-refractivity contribution in [2.24, 2.45) is 5.41 Å². The molecule has 0 aliphatic heterocycles. The van der Waals surface area contributed by atoms with E-state index in [1.54, 1.807) is 0 Å². The highest BCUT2D eigenvalue weighted by Crippen LogP contribution is 2.34. The van der Waals surface area contributed by atoms with E-state index in [2.05, 4.69) is 43.2 Å². The third-order valence-electron chi connectivity index (χ3n) is 3.83. The zero-order chi connectivity index (χ0) is 13.2. The van der Waals surface area contributed by atoms with Crippen LogP contribution in [0.1, 0.15) is 64.6 Å². The summed E-state index contributed by atoms with van der Waals surface area (Å²) < 4.78 is 5.39. The average molecular weight is 251 g/mol. The monoisotopic (exact) mass is 251 g/mol. The Hall–Kier alpha value is -0.900. The fourth-order valence-electron chi connectivity index (χ4n) is 2.29. The molecule has 0 spiro atoms. The minimum atomic E-state index is 0.196. The van der Waals surface area contributed by atoms with E-state index in [0.29, 0.717) is 12.0 Å². The van der Waals surface area contributed by atoms with Crippen LogP contribution in [-0.2, 0) is 6.42 Å². The van der Waals surface area contributed by atoms with E-state index in [4.69, 9.17) is 4.52 Å². The standard InChI is InChI=1S/C14H25N3O/c1-5-15-11(14(2,3)4)9-12-16-13(17-18-12)10-7-6-8-10/h10-11,15H,5-9H2,1-4H3. The minimum absolute atomic E-state index is 0.196. The van der Waals surface area contributed by atoms with Crippen LogP contribution >= 0.6 is 0 Å². The Kier molecular flexibility index (Phi) is 4.05. The minimum Gasteiger partial charge on any atom is -0.339 e. The van der Waals surface area contributed by atoms with Gasteiger partial charge in [-0.2, -0.15) is 4.98 Å². The SMILES string of the molecule is CCNC(Cc1nc(C2CCC2)no1)C(C)(C)C. The van der Waals surface area contributed by atoms with Crippen LogP contribution in [0.5, 0.6) is 0 Å². The quantitative estimate of drug-likeness (QED) is 0.874. The molecule has 2 rings (SSSR count). The summed E-state index contributed by atoms with van der Waals surface area (Å²) in [4.78, 5) is 4.55. The summed E-state index contributed by atoms with van der Waals surface area (Å²) in [6.07, 6.45) is 4.55. The van der Waals surface area contributed by atoms with Gasteiger partial charge < -0.3 is 9.84 Å². The van der Waals surface area contributed by atoms with Crippen molar-refractivity contribution in [3.05, 3.63) is 11.7 Å². The first-order chi connectivity index (χ1) is 8.50. The highest BCUT2D eigenvalue weighted by Gasteiger charge is 2.28. The van der Waals surface area contributed by atoms with E-state index in [1.807, 2.05) is 0 Å². The van der Waals surface area contributed by atoms with Crippen LogP contribution < -0.4 is 5.32 Å². The number of rotatable bonds is 5. The second-order valence-corrected chi connectivity index (χ2v) is 6.35. The first kappa shape index (κ1) is 13.5. The highest BCUT2D eigenvalue weighted by atomic mass is 16.5. The lowest BCUT2D eigenvalue weighted by molar-refractivity contribution is 0.246. The topological polar surface area (TPSA) is 51.0 Å². The molecule has 0 saturated heterocycles. The molecule has 1 N–H and O–H groups in total. The van der Waals surface area contributed by atoms with Gasteiger partial charge in [0.2, 0.25) is 5.89 Å². The van der Waals surface area contributed by atoms with Crippen LogP contribution in [0.2, 0.25) is 0 Å². The number of hydrogen-bond donors (Lipinski definition) is 1. The summed E-state index contributed by atoms with van der Waals surface area (Å²) in [6.45, 7) is 9.81. The van der Waals surface area contributed by atoms with E-state index < -0.39 is 0 Å². The Labute approximate surface area is 110 Å². The summed E-state index contributed by atoms with van der Waals surface area (Å²) >= 11 is 0. The Balaban J connectivity index is 1.99. The van der Waals surface area contributed by atoms with Crippen LogP contribution in [0.3, 0.4) is 0 Å².